The molecule has 3 rings (SSSR count). The van der Waals surface area contributed by atoms with Crippen molar-refractivity contribution in [1.29, 1.82) is 0 Å². The van der Waals surface area contributed by atoms with Gasteiger partial charge in [-0.05, 0) is 24.6 Å². The molecular formula is C13H18N6O. The van der Waals surface area contributed by atoms with Gasteiger partial charge in [-0.25, -0.2) is 4.52 Å². The van der Waals surface area contributed by atoms with E-state index in [2.05, 4.69) is 20.7 Å². The molecule has 0 aromatic carbocycles. The van der Waals surface area contributed by atoms with Crippen LogP contribution >= 0.6 is 0 Å². The van der Waals surface area contributed by atoms with E-state index < -0.39 is 0 Å². The molecule has 106 valence electrons. The summed E-state index contributed by atoms with van der Waals surface area (Å²) in [5.74, 6) is 0.570. The van der Waals surface area contributed by atoms with Crippen LogP contribution < -0.4 is 10.6 Å². The number of hydrogen-bond acceptors (Lipinski definition) is 5. The lowest BCUT2D eigenvalue weighted by atomic mass is 10.3. The van der Waals surface area contributed by atoms with Gasteiger partial charge in [-0.2, -0.15) is 4.98 Å². The zero-order chi connectivity index (χ0) is 13.9. The Morgan fingerprint density at radius 1 is 1.45 bits per heavy atom. The maximum atomic E-state index is 12.0. The highest BCUT2D eigenvalue weighted by Gasteiger charge is 2.16. The molecule has 0 atom stereocenters. The van der Waals surface area contributed by atoms with Crippen LogP contribution in [0.3, 0.4) is 0 Å². The Morgan fingerprint density at radius 3 is 3.05 bits per heavy atom. The summed E-state index contributed by atoms with van der Waals surface area (Å²) < 4.78 is 1.70. The monoisotopic (exact) mass is 274 g/mol. The van der Waals surface area contributed by atoms with E-state index in [9.17, 15) is 4.79 Å². The molecule has 1 amide bonds. The van der Waals surface area contributed by atoms with Gasteiger partial charge in [0, 0.05) is 32.4 Å². The number of aromatic nitrogens is 3. The van der Waals surface area contributed by atoms with E-state index in [-0.39, 0.29) is 12.5 Å². The first-order valence-corrected chi connectivity index (χ1v) is 6.78. The van der Waals surface area contributed by atoms with Crippen LogP contribution in [0.5, 0.6) is 0 Å². The van der Waals surface area contributed by atoms with Crippen molar-refractivity contribution in [3.8, 4) is 0 Å². The van der Waals surface area contributed by atoms with Crippen molar-refractivity contribution in [2.45, 2.75) is 6.92 Å². The molecule has 1 aliphatic rings. The van der Waals surface area contributed by atoms with Crippen molar-refractivity contribution in [3.05, 3.63) is 23.9 Å². The minimum Gasteiger partial charge on any atom is -0.344 e. The SMILES string of the molecule is Cc1ccn2nc(NCC(=O)N3CCNCC3)nc2c1. The smallest absolute Gasteiger partial charge is 0.243 e. The average Bonchev–Trinajstić information content (AvgIpc) is 2.87. The molecule has 0 bridgehead atoms. The van der Waals surface area contributed by atoms with Gasteiger partial charge in [-0.15, -0.1) is 5.10 Å². The maximum absolute atomic E-state index is 12.0. The molecule has 20 heavy (non-hydrogen) atoms. The average molecular weight is 274 g/mol. The molecule has 7 nitrogen and oxygen atoms in total. The fourth-order valence-electron chi connectivity index (χ4n) is 2.24. The second-order valence-corrected chi connectivity index (χ2v) is 4.93. The van der Waals surface area contributed by atoms with Crippen LogP contribution in [0.4, 0.5) is 5.95 Å². The Bertz CT molecular complexity index is 616. The quantitative estimate of drug-likeness (QED) is 0.816. The molecule has 3 heterocycles. The first kappa shape index (κ1) is 12.9. The number of nitrogens with one attached hydrogen (secondary N) is 2. The lowest BCUT2D eigenvalue weighted by Crippen LogP contribution is -2.48. The number of carbonyl (C=O) groups excluding carboxylic acids is 1. The van der Waals surface area contributed by atoms with E-state index >= 15 is 0 Å². The van der Waals surface area contributed by atoms with Crippen LogP contribution in [0.15, 0.2) is 18.3 Å². The zero-order valence-corrected chi connectivity index (χ0v) is 11.5. The number of pyridine rings is 1. The van der Waals surface area contributed by atoms with Crippen molar-refractivity contribution in [2.75, 3.05) is 38.0 Å². The van der Waals surface area contributed by atoms with Gasteiger partial charge in [-0.1, -0.05) is 0 Å². The van der Waals surface area contributed by atoms with Gasteiger partial charge in [0.05, 0.1) is 6.54 Å². The van der Waals surface area contributed by atoms with Crippen molar-refractivity contribution in [2.24, 2.45) is 0 Å². The predicted octanol–water partition coefficient (Wildman–Crippen LogP) is -0.119. The summed E-state index contributed by atoms with van der Waals surface area (Å²) >= 11 is 0. The van der Waals surface area contributed by atoms with E-state index in [4.69, 9.17) is 0 Å². The van der Waals surface area contributed by atoms with E-state index in [1.54, 1.807) is 4.52 Å². The number of fused-ring (bicyclic) bond motifs is 1. The Morgan fingerprint density at radius 2 is 2.25 bits per heavy atom. The predicted molar refractivity (Wildman–Crippen MR) is 75.7 cm³/mol. The second kappa shape index (κ2) is 5.46. The summed E-state index contributed by atoms with van der Waals surface area (Å²) in [5.41, 5.74) is 1.91. The lowest BCUT2D eigenvalue weighted by molar-refractivity contribution is -0.129. The van der Waals surface area contributed by atoms with E-state index in [0.29, 0.717) is 5.95 Å². The minimum absolute atomic E-state index is 0.0848. The molecule has 2 aromatic heterocycles. The molecule has 0 unspecified atom stereocenters. The highest BCUT2D eigenvalue weighted by molar-refractivity contribution is 5.80. The summed E-state index contributed by atoms with van der Waals surface area (Å²) in [7, 11) is 0. The van der Waals surface area contributed by atoms with E-state index in [1.165, 1.54) is 0 Å². The number of amides is 1. The molecule has 0 saturated carbocycles. The number of piperazine rings is 1. The summed E-state index contributed by atoms with van der Waals surface area (Å²) in [5, 5.41) is 10.5. The summed E-state index contributed by atoms with van der Waals surface area (Å²) in [6.07, 6.45) is 1.86. The van der Waals surface area contributed by atoms with Gasteiger partial charge in [-0.3, -0.25) is 4.79 Å². The topological polar surface area (TPSA) is 74.6 Å². The summed E-state index contributed by atoms with van der Waals surface area (Å²) in [6.45, 7) is 5.48. The third-order valence-corrected chi connectivity index (χ3v) is 3.36. The molecule has 0 radical (unpaired) electrons. The second-order valence-electron chi connectivity index (χ2n) is 4.93. The maximum Gasteiger partial charge on any atom is 0.243 e. The third-order valence-electron chi connectivity index (χ3n) is 3.36. The van der Waals surface area contributed by atoms with Crippen molar-refractivity contribution in [1.82, 2.24) is 24.8 Å². The van der Waals surface area contributed by atoms with Crippen LogP contribution in [-0.2, 0) is 4.79 Å². The first-order valence-electron chi connectivity index (χ1n) is 6.78. The van der Waals surface area contributed by atoms with Gasteiger partial charge >= 0.3 is 0 Å². The Labute approximate surface area is 117 Å². The van der Waals surface area contributed by atoms with Crippen molar-refractivity contribution in [3.63, 3.8) is 0 Å². The number of rotatable bonds is 3. The number of anilines is 1. The highest BCUT2D eigenvalue weighted by Crippen LogP contribution is 2.07. The van der Waals surface area contributed by atoms with Gasteiger partial charge < -0.3 is 15.5 Å². The molecule has 1 fully saturated rings. The standard InChI is InChI=1S/C13H18N6O/c1-10-2-5-19-11(8-10)16-13(17-19)15-9-12(20)18-6-3-14-4-7-18/h2,5,8,14H,3-4,6-7,9H2,1H3,(H,15,17). The van der Waals surface area contributed by atoms with Crippen LogP contribution in [0, 0.1) is 6.92 Å². The van der Waals surface area contributed by atoms with Crippen LogP contribution in [0.25, 0.3) is 5.65 Å². The molecule has 7 heteroatoms. The van der Waals surface area contributed by atoms with E-state index in [1.807, 2.05) is 30.2 Å². The number of aryl methyl sites for hydroxylation is 1. The number of nitrogens with zero attached hydrogens (tertiary/aromatic N) is 4. The molecule has 0 spiro atoms. The Kier molecular flexibility index (Phi) is 3.51. The van der Waals surface area contributed by atoms with Gasteiger partial charge in [0.1, 0.15) is 0 Å². The number of hydrogen-bond donors (Lipinski definition) is 2. The number of carbonyl (C=O) groups is 1. The van der Waals surface area contributed by atoms with Crippen molar-refractivity contribution >= 4 is 17.5 Å². The van der Waals surface area contributed by atoms with Crippen LogP contribution in [0.2, 0.25) is 0 Å². The summed E-state index contributed by atoms with van der Waals surface area (Å²) in [4.78, 5) is 18.2. The van der Waals surface area contributed by atoms with Gasteiger partial charge in [0.2, 0.25) is 11.9 Å². The molecule has 0 aliphatic carbocycles. The molecule has 2 aromatic rings. The first-order chi connectivity index (χ1) is 9.72. The zero-order valence-electron chi connectivity index (χ0n) is 11.5. The molecule has 1 saturated heterocycles. The fraction of sp³-hybridized carbons (Fsp3) is 0.462. The molecule has 2 N–H and O–H groups in total. The largest absolute Gasteiger partial charge is 0.344 e. The third kappa shape index (κ3) is 2.72. The normalized spacial score (nSPS) is 15.6. The Balaban J connectivity index is 1.63. The fourth-order valence-corrected chi connectivity index (χ4v) is 2.24. The van der Waals surface area contributed by atoms with Crippen LogP contribution in [0.1, 0.15) is 5.56 Å². The molecular weight excluding hydrogens is 256 g/mol. The molecule has 1 aliphatic heterocycles. The van der Waals surface area contributed by atoms with Crippen molar-refractivity contribution < 1.29 is 4.79 Å². The van der Waals surface area contributed by atoms with Crippen LogP contribution in [-0.4, -0.2) is 58.1 Å². The minimum atomic E-state index is 0.0848. The lowest BCUT2D eigenvalue weighted by Gasteiger charge is -2.27. The van der Waals surface area contributed by atoms with E-state index in [0.717, 1.165) is 37.4 Å². The van der Waals surface area contributed by atoms with Gasteiger partial charge in [0.25, 0.3) is 0 Å². The van der Waals surface area contributed by atoms with Gasteiger partial charge in [0.15, 0.2) is 5.65 Å². The Hall–Kier alpha value is -2.15. The highest BCUT2D eigenvalue weighted by atomic mass is 16.2. The summed E-state index contributed by atoms with van der Waals surface area (Å²) in [6, 6.07) is 3.92.